The van der Waals surface area contributed by atoms with E-state index in [1.165, 1.54) is 72.3 Å². The summed E-state index contributed by atoms with van der Waals surface area (Å²) in [6.07, 6.45) is 21.6. The van der Waals surface area contributed by atoms with E-state index < -0.39 is 0 Å². The fourth-order valence-electron chi connectivity index (χ4n) is 9.52. The molecule has 0 saturated heterocycles. The van der Waals surface area contributed by atoms with Gasteiger partial charge in [0, 0.05) is 11.3 Å². The van der Waals surface area contributed by atoms with Crippen molar-refractivity contribution in [3.05, 3.63) is 227 Å². The molecule has 3 unspecified atom stereocenters. The van der Waals surface area contributed by atoms with Gasteiger partial charge in [-0.1, -0.05) is 195 Å². The predicted molar refractivity (Wildman–Crippen MR) is 230 cm³/mol. The molecule has 0 fully saturated rings. The molecule has 0 saturated carbocycles. The minimum atomic E-state index is -0.157. The average molecular weight is 695 g/mol. The van der Waals surface area contributed by atoms with Crippen LogP contribution in [-0.4, -0.2) is 0 Å². The monoisotopic (exact) mass is 694 g/mol. The quantitative estimate of drug-likeness (QED) is 0.149. The van der Waals surface area contributed by atoms with E-state index in [9.17, 15) is 0 Å². The zero-order valence-electron chi connectivity index (χ0n) is 31.3. The molecule has 0 bridgehead atoms. The van der Waals surface area contributed by atoms with Gasteiger partial charge in [0.05, 0.1) is 0 Å². The summed E-state index contributed by atoms with van der Waals surface area (Å²) in [5.41, 5.74) is 18.6. The van der Waals surface area contributed by atoms with E-state index in [2.05, 4.69) is 208 Å². The van der Waals surface area contributed by atoms with Crippen LogP contribution in [0, 0.1) is 5.92 Å². The van der Waals surface area contributed by atoms with Crippen LogP contribution >= 0.6 is 0 Å². The van der Waals surface area contributed by atoms with Crippen LogP contribution < -0.4 is 0 Å². The molecule has 54 heavy (non-hydrogen) atoms. The van der Waals surface area contributed by atoms with Crippen molar-refractivity contribution in [1.82, 2.24) is 0 Å². The van der Waals surface area contributed by atoms with E-state index in [0.29, 0.717) is 5.92 Å². The molecule has 0 radical (unpaired) electrons. The van der Waals surface area contributed by atoms with Gasteiger partial charge in [-0.05, 0) is 116 Å². The van der Waals surface area contributed by atoms with Crippen molar-refractivity contribution in [3.8, 4) is 33.4 Å². The molecular formula is C54H46. The summed E-state index contributed by atoms with van der Waals surface area (Å²) >= 11 is 0. The van der Waals surface area contributed by atoms with E-state index in [1.54, 1.807) is 5.57 Å². The van der Waals surface area contributed by atoms with E-state index >= 15 is 0 Å². The van der Waals surface area contributed by atoms with Gasteiger partial charge < -0.3 is 0 Å². The Kier molecular flexibility index (Phi) is 9.05. The Morgan fingerprint density at radius 1 is 0.611 bits per heavy atom. The molecule has 6 aromatic carbocycles. The third-order valence-electron chi connectivity index (χ3n) is 12.1. The van der Waals surface area contributed by atoms with Gasteiger partial charge in [-0.2, -0.15) is 0 Å². The summed E-state index contributed by atoms with van der Waals surface area (Å²) in [5.74, 6) is 0.637. The maximum Gasteiger partial charge on any atom is 0.0491 e. The number of hydrogen-bond acceptors (Lipinski definition) is 0. The first-order valence-corrected chi connectivity index (χ1v) is 19.6. The zero-order valence-corrected chi connectivity index (χ0v) is 31.3. The summed E-state index contributed by atoms with van der Waals surface area (Å²) < 4.78 is 0. The molecule has 0 nitrogen and oxygen atoms in total. The Balaban J connectivity index is 1.05. The second-order valence-electron chi connectivity index (χ2n) is 15.0. The first-order chi connectivity index (χ1) is 26.7. The van der Waals surface area contributed by atoms with Gasteiger partial charge in [0.15, 0.2) is 0 Å². The van der Waals surface area contributed by atoms with Gasteiger partial charge in [-0.3, -0.25) is 0 Å². The molecule has 6 aromatic rings. The highest BCUT2D eigenvalue weighted by Crippen LogP contribution is 2.59. The maximum atomic E-state index is 2.48. The summed E-state index contributed by atoms with van der Waals surface area (Å²) in [6, 6.07) is 54.5. The molecular weight excluding hydrogens is 649 g/mol. The van der Waals surface area contributed by atoms with Crippen molar-refractivity contribution < 1.29 is 0 Å². The van der Waals surface area contributed by atoms with Gasteiger partial charge in [-0.25, -0.2) is 0 Å². The normalized spacial score (nSPS) is 19.3. The second kappa shape index (κ2) is 14.4. The standard InChI is InChI=1S/C54H46/c1-3-17-40-18-10-11-25-47(40)49-27-13-12-26-48(49)41-32-30-39(31-33-41)38(2)42-19-16-20-43(36-42)44-34-35-53-51(37-44)50-28-14-15-29-52(50)54(53,45-21-6-4-7-22-45)46-23-8-5-9-24-46/h3-14,16-23,25-28,30-38,46H,15,24,29H2,1-2H3/b17-3-. The van der Waals surface area contributed by atoms with Crippen LogP contribution in [0.3, 0.4) is 0 Å². The number of fused-ring (bicyclic) bond motifs is 2. The number of hydrogen-bond donors (Lipinski definition) is 0. The Morgan fingerprint density at radius 3 is 2.15 bits per heavy atom. The van der Waals surface area contributed by atoms with Crippen LogP contribution in [0.4, 0.5) is 0 Å². The Bertz CT molecular complexity index is 2480. The molecule has 0 aromatic heterocycles. The lowest BCUT2D eigenvalue weighted by Crippen LogP contribution is -2.37. The van der Waals surface area contributed by atoms with Gasteiger partial charge in [0.1, 0.15) is 0 Å². The molecule has 0 spiro atoms. The van der Waals surface area contributed by atoms with Crippen LogP contribution in [0.5, 0.6) is 0 Å². The zero-order chi connectivity index (χ0) is 36.5. The lowest BCUT2D eigenvalue weighted by atomic mass is 9.60. The van der Waals surface area contributed by atoms with Crippen LogP contribution in [-0.2, 0) is 5.41 Å². The highest BCUT2D eigenvalue weighted by Gasteiger charge is 2.50. The Hall–Kier alpha value is -5.98. The van der Waals surface area contributed by atoms with Crippen molar-refractivity contribution >= 4 is 11.6 Å². The molecule has 0 aliphatic heterocycles. The van der Waals surface area contributed by atoms with Gasteiger partial charge in [0.2, 0.25) is 0 Å². The van der Waals surface area contributed by atoms with E-state index in [4.69, 9.17) is 0 Å². The van der Waals surface area contributed by atoms with Gasteiger partial charge in [-0.15, -0.1) is 0 Å². The first-order valence-electron chi connectivity index (χ1n) is 19.6. The van der Waals surface area contributed by atoms with Crippen LogP contribution in [0.25, 0.3) is 45.0 Å². The van der Waals surface area contributed by atoms with Gasteiger partial charge in [0.25, 0.3) is 0 Å². The van der Waals surface area contributed by atoms with Gasteiger partial charge >= 0.3 is 0 Å². The highest BCUT2D eigenvalue weighted by atomic mass is 14.5. The van der Waals surface area contributed by atoms with Crippen LogP contribution in [0.1, 0.15) is 72.4 Å². The highest BCUT2D eigenvalue weighted by molar-refractivity contribution is 5.91. The Labute approximate surface area is 321 Å². The third-order valence-corrected chi connectivity index (χ3v) is 12.1. The van der Waals surface area contributed by atoms with E-state index in [1.807, 2.05) is 0 Å². The average Bonchev–Trinajstić information content (AvgIpc) is 3.55. The predicted octanol–water partition coefficient (Wildman–Crippen LogP) is 14.4. The maximum absolute atomic E-state index is 2.48. The minimum Gasteiger partial charge on any atom is -0.0870 e. The van der Waals surface area contributed by atoms with Crippen molar-refractivity contribution in [2.24, 2.45) is 5.92 Å². The van der Waals surface area contributed by atoms with Crippen LogP contribution in [0.15, 0.2) is 194 Å². The smallest absolute Gasteiger partial charge is 0.0491 e. The molecule has 0 heteroatoms. The minimum absolute atomic E-state index is 0.157. The fourth-order valence-corrected chi connectivity index (χ4v) is 9.52. The third kappa shape index (κ3) is 5.78. The van der Waals surface area contributed by atoms with Crippen molar-refractivity contribution in [1.29, 1.82) is 0 Å². The lowest BCUT2D eigenvalue weighted by Gasteiger charge is -2.41. The molecule has 0 N–H and O–H groups in total. The molecule has 0 heterocycles. The molecule has 0 amide bonds. The van der Waals surface area contributed by atoms with E-state index in [0.717, 1.165) is 19.3 Å². The first kappa shape index (κ1) is 33.8. The van der Waals surface area contributed by atoms with Crippen molar-refractivity contribution in [3.63, 3.8) is 0 Å². The fraction of sp³-hybridized carbons (Fsp3) is 0.148. The largest absolute Gasteiger partial charge is 0.0870 e. The number of rotatable bonds is 8. The van der Waals surface area contributed by atoms with Crippen molar-refractivity contribution in [2.75, 3.05) is 0 Å². The Morgan fingerprint density at radius 2 is 1.35 bits per heavy atom. The molecule has 3 aliphatic rings. The molecule has 262 valence electrons. The summed E-state index contributed by atoms with van der Waals surface area (Å²) in [7, 11) is 0. The van der Waals surface area contributed by atoms with E-state index in [-0.39, 0.29) is 11.3 Å². The topological polar surface area (TPSA) is 0 Å². The summed E-state index contributed by atoms with van der Waals surface area (Å²) in [4.78, 5) is 0. The van der Waals surface area contributed by atoms with Crippen molar-refractivity contribution in [2.45, 2.75) is 44.4 Å². The van der Waals surface area contributed by atoms with Crippen LogP contribution in [0.2, 0.25) is 0 Å². The summed E-state index contributed by atoms with van der Waals surface area (Å²) in [6.45, 7) is 4.41. The second-order valence-corrected chi connectivity index (χ2v) is 15.0. The molecule has 3 aliphatic carbocycles. The number of benzene rings is 6. The molecule has 3 atom stereocenters. The SMILES string of the molecule is C/C=C\c1ccccc1-c1ccccc1-c1ccc(C(C)c2cccc(-c3ccc4c(c3)C3=C(CCC=C3)C4(c3ccccc3)C3C=CC=CC3)c2)cc1. The summed E-state index contributed by atoms with van der Waals surface area (Å²) in [5, 5.41) is 0. The molecule has 9 rings (SSSR count). The lowest BCUT2D eigenvalue weighted by molar-refractivity contribution is 0.435. The number of allylic oxidation sites excluding steroid dienone is 9.